The maximum absolute atomic E-state index is 12.3. The van der Waals surface area contributed by atoms with Crippen molar-refractivity contribution in [3.05, 3.63) is 0 Å². The summed E-state index contributed by atoms with van der Waals surface area (Å²) in [5.41, 5.74) is 5.61. The molecule has 0 radical (unpaired) electrons. The summed E-state index contributed by atoms with van der Waals surface area (Å²) in [4.78, 5) is 14.3. The molecule has 1 aliphatic heterocycles. The average Bonchev–Trinajstić information content (AvgIpc) is 2.55. The molecule has 1 aliphatic rings. The number of amides is 1. The van der Waals surface area contributed by atoms with Gasteiger partial charge in [0.05, 0.1) is 0 Å². The summed E-state index contributed by atoms with van der Waals surface area (Å²) in [6.45, 7) is 9.32. The SMILES string of the molecule is CCC(CCN)CCC(=O)N1CCSC(C)(C)CC1. The van der Waals surface area contributed by atoms with E-state index < -0.39 is 0 Å². The summed E-state index contributed by atoms with van der Waals surface area (Å²) in [7, 11) is 0. The fourth-order valence-electron chi connectivity index (χ4n) is 2.54. The Labute approximate surface area is 122 Å². The van der Waals surface area contributed by atoms with Crippen LogP contribution >= 0.6 is 11.8 Å². The molecular formula is C15H30N2OS. The second-order valence-electron chi connectivity index (χ2n) is 6.13. The van der Waals surface area contributed by atoms with Crippen molar-refractivity contribution < 1.29 is 4.79 Å². The van der Waals surface area contributed by atoms with Gasteiger partial charge < -0.3 is 10.6 Å². The quantitative estimate of drug-likeness (QED) is 0.816. The zero-order chi connectivity index (χ0) is 14.3. The van der Waals surface area contributed by atoms with Gasteiger partial charge in [0.1, 0.15) is 0 Å². The van der Waals surface area contributed by atoms with E-state index in [1.165, 1.54) is 0 Å². The van der Waals surface area contributed by atoms with E-state index in [1.807, 2.05) is 11.8 Å². The summed E-state index contributed by atoms with van der Waals surface area (Å²) in [6, 6.07) is 0. The van der Waals surface area contributed by atoms with Gasteiger partial charge in [-0.25, -0.2) is 0 Å². The van der Waals surface area contributed by atoms with Crippen LogP contribution in [0.15, 0.2) is 0 Å². The molecule has 0 aliphatic carbocycles. The van der Waals surface area contributed by atoms with E-state index in [0.29, 0.717) is 23.0 Å². The van der Waals surface area contributed by atoms with Gasteiger partial charge in [0.15, 0.2) is 0 Å². The summed E-state index contributed by atoms with van der Waals surface area (Å²) in [6.07, 6.45) is 4.98. The molecule has 1 fully saturated rings. The van der Waals surface area contributed by atoms with Crippen LogP contribution in [-0.2, 0) is 4.79 Å². The number of hydrogen-bond donors (Lipinski definition) is 1. The minimum atomic E-state index is 0.320. The summed E-state index contributed by atoms with van der Waals surface area (Å²) in [5, 5.41) is 0. The third-order valence-corrected chi connectivity index (χ3v) is 5.48. The van der Waals surface area contributed by atoms with Crippen LogP contribution in [0, 0.1) is 5.92 Å². The molecule has 0 saturated carbocycles. The molecule has 2 N–H and O–H groups in total. The Kier molecular flexibility index (Phi) is 7.22. The van der Waals surface area contributed by atoms with E-state index in [-0.39, 0.29) is 0 Å². The first-order valence-corrected chi connectivity index (χ1v) is 8.59. The van der Waals surface area contributed by atoms with Crippen molar-refractivity contribution in [3.63, 3.8) is 0 Å². The highest BCUT2D eigenvalue weighted by Crippen LogP contribution is 2.31. The van der Waals surface area contributed by atoms with Crippen LogP contribution in [0.3, 0.4) is 0 Å². The highest BCUT2D eigenvalue weighted by atomic mass is 32.2. The molecule has 1 amide bonds. The number of carbonyl (C=O) groups excluding carboxylic acids is 1. The lowest BCUT2D eigenvalue weighted by atomic mass is 9.96. The third-order valence-electron chi connectivity index (χ3n) is 4.11. The van der Waals surface area contributed by atoms with Crippen molar-refractivity contribution in [2.75, 3.05) is 25.4 Å². The van der Waals surface area contributed by atoms with Gasteiger partial charge in [-0.15, -0.1) is 0 Å². The molecule has 0 spiro atoms. The van der Waals surface area contributed by atoms with Crippen molar-refractivity contribution in [3.8, 4) is 0 Å². The Morgan fingerprint density at radius 3 is 2.74 bits per heavy atom. The molecule has 0 aromatic carbocycles. The standard InChI is InChI=1S/C15H30N2OS/c1-4-13(7-9-16)5-6-14(18)17-10-8-15(2,3)19-12-11-17/h13H,4-12,16H2,1-3H3. The second-order valence-corrected chi connectivity index (χ2v) is 7.93. The molecule has 1 saturated heterocycles. The molecule has 3 nitrogen and oxygen atoms in total. The molecule has 0 bridgehead atoms. The van der Waals surface area contributed by atoms with Gasteiger partial charge in [-0.2, -0.15) is 11.8 Å². The van der Waals surface area contributed by atoms with Crippen LogP contribution < -0.4 is 5.73 Å². The van der Waals surface area contributed by atoms with Crippen molar-refractivity contribution in [1.82, 2.24) is 4.90 Å². The highest BCUT2D eigenvalue weighted by molar-refractivity contribution is 8.00. The van der Waals surface area contributed by atoms with Crippen LogP contribution in [-0.4, -0.2) is 40.9 Å². The molecule has 1 unspecified atom stereocenters. The van der Waals surface area contributed by atoms with Gasteiger partial charge >= 0.3 is 0 Å². The van der Waals surface area contributed by atoms with Crippen molar-refractivity contribution in [1.29, 1.82) is 0 Å². The number of thioether (sulfide) groups is 1. The lowest BCUT2D eigenvalue weighted by Crippen LogP contribution is -2.33. The van der Waals surface area contributed by atoms with Gasteiger partial charge in [0.2, 0.25) is 5.91 Å². The fourth-order valence-corrected chi connectivity index (χ4v) is 3.64. The molecule has 1 rings (SSSR count). The van der Waals surface area contributed by atoms with Crippen molar-refractivity contribution in [2.45, 2.75) is 57.6 Å². The van der Waals surface area contributed by atoms with Crippen molar-refractivity contribution in [2.24, 2.45) is 11.7 Å². The minimum absolute atomic E-state index is 0.320. The van der Waals surface area contributed by atoms with E-state index in [4.69, 9.17) is 5.73 Å². The maximum atomic E-state index is 12.3. The van der Waals surface area contributed by atoms with E-state index in [0.717, 1.165) is 51.1 Å². The third kappa shape index (κ3) is 6.17. The monoisotopic (exact) mass is 286 g/mol. The number of nitrogens with zero attached hydrogens (tertiary/aromatic N) is 1. The highest BCUT2D eigenvalue weighted by Gasteiger charge is 2.25. The topological polar surface area (TPSA) is 46.3 Å². The zero-order valence-electron chi connectivity index (χ0n) is 12.8. The lowest BCUT2D eigenvalue weighted by Gasteiger charge is -2.23. The number of carbonyl (C=O) groups is 1. The molecule has 112 valence electrons. The van der Waals surface area contributed by atoms with Gasteiger partial charge in [-0.3, -0.25) is 4.79 Å². The van der Waals surface area contributed by atoms with Crippen molar-refractivity contribution >= 4 is 17.7 Å². The average molecular weight is 286 g/mol. The van der Waals surface area contributed by atoms with Gasteiger partial charge in [0.25, 0.3) is 0 Å². The molecule has 4 heteroatoms. The molecule has 1 heterocycles. The Hall–Kier alpha value is -0.220. The second kappa shape index (κ2) is 8.15. The van der Waals surface area contributed by atoms with Crippen LogP contribution in [0.25, 0.3) is 0 Å². The van der Waals surface area contributed by atoms with E-state index >= 15 is 0 Å². The number of hydrogen-bond acceptors (Lipinski definition) is 3. The first-order chi connectivity index (χ1) is 8.98. The number of rotatable bonds is 6. The van der Waals surface area contributed by atoms with Crippen LogP contribution in [0.1, 0.15) is 52.9 Å². The lowest BCUT2D eigenvalue weighted by molar-refractivity contribution is -0.131. The van der Waals surface area contributed by atoms with E-state index in [2.05, 4.69) is 25.7 Å². The fraction of sp³-hybridized carbons (Fsp3) is 0.933. The Morgan fingerprint density at radius 1 is 1.37 bits per heavy atom. The molecule has 0 aromatic rings. The number of nitrogens with two attached hydrogens (primary N) is 1. The van der Waals surface area contributed by atoms with Crippen LogP contribution in [0.5, 0.6) is 0 Å². The van der Waals surface area contributed by atoms with Gasteiger partial charge in [-0.05, 0) is 31.7 Å². The first-order valence-electron chi connectivity index (χ1n) is 7.60. The minimum Gasteiger partial charge on any atom is -0.342 e. The molecule has 1 atom stereocenters. The normalized spacial score (nSPS) is 20.9. The smallest absolute Gasteiger partial charge is 0.222 e. The maximum Gasteiger partial charge on any atom is 0.222 e. The Balaban J connectivity index is 2.36. The van der Waals surface area contributed by atoms with Gasteiger partial charge in [-0.1, -0.05) is 27.2 Å². The first kappa shape index (κ1) is 16.8. The zero-order valence-corrected chi connectivity index (χ0v) is 13.6. The summed E-state index contributed by atoms with van der Waals surface area (Å²) < 4.78 is 0.320. The molecule has 0 aromatic heterocycles. The van der Waals surface area contributed by atoms with E-state index in [1.54, 1.807) is 0 Å². The predicted octanol–water partition coefficient (Wildman–Crippen LogP) is 2.89. The predicted molar refractivity (Wildman–Crippen MR) is 84.4 cm³/mol. The van der Waals surface area contributed by atoms with Crippen LogP contribution in [0.4, 0.5) is 0 Å². The van der Waals surface area contributed by atoms with Crippen LogP contribution in [0.2, 0.25) is 0 Å². The van der Waals surface area contributed by atoms with E-state index in [9.17, 15) is 4.79 Å². The summed E-state index contributed by atoms with van der Waals surface area (Å²) >= 11 is 1.99. The summed E-state index contributed by atoms with van der Waals surface area (Å²) in [5.74, 6) is 2.03. The Morgan fingerprint density at radius 2 is 2.11 bits per heavy atom. The largest absolute Gasteiger partial charge is 0.342 e. The molecular weight excluding hydrogens is 256 g/mol. The molecule has 19 heavy (non-hydrogen) atoms. The Bertz CT molecular complexity index is 281. The van der Waals surface area contributed by atoms with Gasteiger partial charge in [0, 0.05) is 30.0 Å².